The van der Waals surface area contributed by atoms with Crippen LogP contribution in [0.15, 0.2) is 22.7 Å². The molecule has 2 atom stereocenters. The summed E-state index contributed by atoms with van der Waals surface area (Å²) in [6, 6.07) is 5.46. The van der Waals surface area contributed by atoms with Gasteiger partial charge in [0.1, 0.15) is 5.75 Å². The smallest absolute Gasteiger partial charge is 0.258 e. The zero-order valence-electron chi connectivity index (χ0n) is 12.3. The lowest BCUT2D eigenvalue weighted by Gasteiger charge is -2.18. The highest BCUT2D eigenvalue weighted by Gasteiger charge is 2.14. The lowest BCUT2D eigenvalue weighted by molar-refractivity contribution is -0.124. The predicted octanol–water partition coefficient (Wildman–Crippen LogP) is 3.04. The third-order valence-corrected chi connectivity index (χ3v) is 3.67. The molecule has 0 saturated carbocycles. The van der Waals surface area contributed by atoms with Crippen LogP contribution in [0.25, 0.3) is 0 Å². The van der Waals surface area contributed by atoms with Gasteiger partial charge < -0.3 is 15.2 Å². The van der Waals surface area contributed by atoms with Crippen molar-refractivity contribution >= 4 is 21.8 Å². The number of aliphatic hydroxyl groups excluding tert-OH is 1. The first-order valence-corrected chi connectivity index (χ1v) is 7.50. The standard InChI is InChI=1S/C15H22BrNO3/c1-9(2)10(3)17-15(19)8-20-14-7-12(16)5-6-13(14)11(4)18/h5-7,9-11,18H,8H2,1-4H3,(H,17,19)/t10?,11-/m0/s1. The molecule has 0 aliphatic heterocycles. The Bertz CT molecular complexity index is 460. The molecule has 2 N–H and O–H groups in total. The minimum atomic E-state index is -0.643. The van der Waals surface area contributed by atoms with Crippen LogP contribution < -0.4 is 10.1 Å². The van der Waals surface area contributed by atoms with E-state index in [1.165, 1.54) is 0 Å². The summed E-state index contributed by atoms with van der Waals surface area (Å²) < 4.78 is 6.36. The van der Waals surface area contributed by atoms with Crippen molar-refractivity contribution in [2.24, 2.45) is 5.92 Å². The molecule has 0 spiro atoms. The molecule has 1 aromatic carbocycles. The molecule has 0 aromatic heterocycles. The fourth-order valence-electron chi connectivity index (χ4n) is 1.58. The van der Waals surface area contributed by atoms with Crippen molar-refractivity contribution in [3.05, 3.63) is 28.2 Å². The van der Waals surface area contributed by atoms with E-state index in [0.717, 1.165) is 4.47 Å². The van der Waals surface area contributed by atoms with E-state index in [9.17, 15) is 9.90 Å². The molecule has 0 saturated heterocycles. The van der Waals surface area contributed by atoms with Gasteiger partial charge in [0, 0.05) is 16.1 Å². The number of hydrogen-bond acceptors (Lipinski definition) is 3. The summed E-state index contributed by atoms with van der Waals surface area (Å²) in [5.74, 6) is 0.724. The minimum Gasteiger partial charge on any atom is -0.483 e. The van der Waals surface area contributed by atoms with E-state index in [0.29, 0.717) is 17.2 Å². The van der Waals surface area contributed by atoms with E-state index in [1.807, 2.05) is 26.8 Å². The van der Waals surface area contributed by atoms with E-state index in [1.54, 1.807) is 19.1 Å². The Hall–Kier alpha value is -1.07. The van der Waals surface area contributed by atoms with Gasteiger partial charge in [-0.15, -0.1) is 0 Å². The summed E-state index contributed by atoms with van der Waals surface area (Å²) in [6.07, 6.45) is -0.643. The molecule has 112 valence electrons. The molecule has 5 heteroatoms. The second-order valence-electron chi connectivity index (χ2n) is 5.25. The van der Waals surface area contributed by atoms with Crippen LogP contribution in [-0.2, 0) is 4.79 Å². The number of benzene rings is 1. The molecule has 0 heterocycles. The summed E-state index contributed by atoms with van der Waals surface area (Å²) in [6.45, 7) is 7.66. The molecule has 20 heavy (non-hydrogen) atoms. The van der Waals surface area contributed by atoms with Crippen molar-refractivity contribution in [2.75, 3.05) is 6.61 Å². The van der Waals surface area contributed by atoms with Crippen LogP contribution in [0.5, 0.6) is 5.75 Å². The lowest BCUT2D eigenvalue weighted by atomic mass is 10.1. The summed E-state index contributed by atoms with van der Waals surface area (Å²) in [4.78, 5) is 11.8. The van der Waals surface area contributed by atoms with Crippen molar-refractivity contribution < 1.29 is 14.6 Å². The molecule has 1 aromatic rings. The molecule has 1 unspecified atom stereocenters. The van der Waals surface area contributed by atoms with Crippen LogP contribution in [0.1, 0.15) is 39.4 Å². The van der Waals surface area contributed by atoms with Crippen LogP contribution in [0, 0.1) is 5.92 Å². The topological polar surface area (TPSA) is 58.6 Å². The highest BCUT2D eigenvalue weighted by molar-refractivity contribution is 9.10. The fraction of sp³-hybridized carbons (Fsp3) is 0.533. The Labute approximate surface area is 128 Å². The first-order valence-electron chi connectivity index (χ1n) is 6.71. The highest BCUT2D eigenvalue weighted by Crippen LogP contribution is 2.28. The second-order valence-corrected chi connectivity index (χ2v) is 6.16. The largest absolute Gasteiger partial charge is 0.483 e. The van der Waals surface area contributed by atoms with E-state index in [4.69, 9.17) is 4.74 Å². The summed E-state index contributed by atoms with van der Waals surface area (Å²) in [5, 5.41) is 12.6. The maximum atomic E-state index is 11.8. The molecular formula is C15H22BrNO3. The predicted molar refractivity (Wildman–Crippen MR) is 82.7 cm³/mol. The van der Waals surface area contributed by atoms with Gasteiger partial charge in [0.15, 0.2) is 6.61 Å². The monoisotopic (exact) mass is 343 g/mol. The number of hydrogen-bond donors (Lipinski definition) is 2. The van der Waals surface area contributed by atoms with Crippen molar-refractivity contribution in [2.45, 2.75) is 39.8 Å². The number of carbonyl (C=O) groups excluding carboxylic acids is 1. The molecule has 0 radical (unpaired) electrons. The van der Waals surface area contributed by atoms with Gasteiger partial charge in [-0.05, 0) is 31.9 Å². The lowest BCUT2D eigenvalue weighted by Crippen LogP contribution is -2.39. The van der Waals surface area contributed by atoms with Gasteiger partial charge in [0.2, 0.25) is 0 Å². The van der Waals surface area contributed by atoms with E-state index < -0.39 is 6.10 Å². The summed E-state index contributed by atoms with van der Waals surface area (Å²) in [5.41, 5.74) is 0.665. The molecule has 0 fully saturated rings. The number of ether oxygens (including phenoxy) is 1. The third kappa shape index (κ3) is 5.13. The fourth-order valence-corrected chi connectivity index (χ4v) is 1.92. The van der Waals surface area contributed by atoms with Crippen molar-refractivity contribution in [3.63, 3.8) is 0 Å². The molecule has 0 aliphatic carbocycles. The van der Waals surface area contributed by atoms with Crippen LogP contribution in [0.4, 0.5) is 0 Å². The maximum absolute atomic E-state index is 11.8. The summed E-state index contributed by atoms with van der Waals surface area (Å²) >= 11 is 3.35. The first kappa shape index (κ1) is 17.0. The number of nitrogens with one attached hydrogen (secondary N) is 1. The number of halogens is 1. The average molecular weight is 344 g/mol. The van der Waals surface area contributed by atoms with Crippen LogP contribution in [0.2, 0.25) is 0 Å². The third-order valence-electron chi connectivity index (χ3n) is 3.17. The van der Waals surface area contributed by atoms with Crippen molar-refractivity contribution in [3.8, 4) is 5.75 Å². The van der Waals surface area contributed by atoms with E-state index in [-0.39, 0.29) is 18.6 Å². The van der Waals surface area contributed by atoms with Gasteiger partial charge in [-0.2, -0.15) is 0 Å². The molecule has 1 rings (SSSR count). The van der Waals surface area contributed by atoms with Crippen LogP contribution >= 0.6 is 15.9 Å². The number of carbonyl (C=O) groups is 1. The van der Waals surface area contributed by atoms with Gasteiger partial charge in [-0.25, -0.2) is 0 Å². The van der Waals surface area contributed by atoms with Crippen molar-refractivity contribution in [1.82, 2.24) is 5.32 Å². The first-order chi connectivity index (χ1) is 9.31. The quantitative estimate of drug-likeness (QED) is 0.834. The van der Waals surface area contributed by atoms with E-state index in [2.05, 4.69) is 21.2 Å². The molecule has 0 bridgehead atoms. The van der Waals surface area contributed by atoms with Gasteiger partial charge in [-0.3, -0.25) is 4.79 Å². The van der Waals surface area contributed by atoms with Gasteiger partial charge >= 0.3 is 0 Å². The second kappa shape index (κ2) is 7.64. The molecule has 1 amide bonds. The van der Waals surface area contributed by atoms with Gasteiger partial charge in [0.25, 0.3) is 5.91 Å². The van der Waals surface area contributed by atoms with Gasteiger partial charge in [-0.1, -0.05) is 35.8 Å². The Kier molecular flexibility index (Phi) is 6.49. The zero-order chi connectivity index (χ0) is 15.3. The van der Waals surface area contributed by atoms with Gasteiger partial charge in [0.05, 0.1) is 6.10 Å². The maximum Gasteiger partial charge on any atom is 0.258 e. The number of aliphatic hydroxyl groups is 1. The summed E-state index contributed by atoms with van der Waals surface area (Å²) in [7, 11) is 0. The number of rotatable bonds is 6. The van der Waals surface area contributed by atoms with E-state index >= 15 is 0 Å². The minimum absolute atomic E-state index is 0.0623. The molecular weight excluding hydrogens is 322 g/mol. The average Bonchev–Trinajstić information content (AvgIpc) is 2.35. The Balaban J connectivity index is 2.65. The Morgan fingerprint density at radius 3 is 2.55 bits per heavy atom. The van der Waals surface area contributed by atoms with Crippen LogP contribution in [-0.4, -0.2) is 23.7 Å². The molecule has 4 nitrogen and oxygen atoms in total. The highest BCUT2D eigenvalue weighted by atomic mass is 79.9. The normalized spacial score (nSPS) is 13.9. The number of amides is 1. The molecule has 0 aliphatic rings. The van der Waals surface area contributed by atoms with Crippen LogP contribution in [0.3, 0.4) is 0 Å². The Morgan fingerprint density at radius 1 is 1.35 bits per heavy atom. The SMILES string of the molecule is CC(C)C(C)NC(=O)COc1cc(Br)ccc1[C@H](C)O. The Morgan fingerprint density at radius 2 is 2.00 bits per heavy atom. The zero-order valence-corrected chi connectivity index (χ0v) is 13.9. The van der Waals surface area contributed by atoms with Crippen molar-refractivity contribution in [1.29, 1.82) is 0 Å².